The first-order chi connectivity index (χ1) is 13.2. The molecule has 7 heteroatoms. The van der Waals surface area contributed by atoms with E-state index < -0.39 is 11.6 Å². The molecule has 2 N–H and O–H groups in total. The van der Waals surface area contributed by atoms with E-state index >= 15 is 0 Å². The number of carbonyl (C=O) groups is 1. The topological polar surface area (TPSA) is 91.0 Å². The van der Waals surface area contributed by atoms with Gasteiger partial charge in [0.2, 0.25) is 0 Å². The van der Waals surface area contributed by atoms with Crippen molar-refractivity contribution in [3.63, 3.8) is 0 Å². The Morgan fingerprint density at radius 2 is 1.96 bits per heavy atom. The minimum atomic E-state index is -1.19. The molecule has 3 aromatic rings. The average molecular weight is 380 g/mol. The summed E-state index contributed by atoms with van der Waals surface area (Å²) >= 11 is 0. The molecule has 1 aliphatic rings. The zero-order valence-corrected chi connectivity index (χ0v) is 16.3. The van der Waals surface area contributed by atoms with Gasteiger partial charge in [-0.3, -0.25) is 0 Å². The second-order valence-electron chi connectivity index (χ2n) is 8.28. The molecular weight excluding hydrogens is 356 g/mol. The van der Waals surface area contributed by atoms with Crippen molar-refractivity contribution in [1.82, 2.24) is 14.6 Å². The summed E-state index contributed by atoms with van der Waals surface area (Å²) in [5, 5.41) is 24.0. The highest BCUT2D eigenvalue weighted by atomic mass is 16.4. The number of fused-ring (bicyclic) bond motifs is 1. The highest BCUT2D eigenvalue weighted by Crippen LogP contribution is 2.37. The highest BCUT2D eigenvalue weighted by molar-refractivity contribution is 5.84. The van der Waals surface area contributed by atoms with Crippen LogP contribution < -0.4 is 4.90 Å². The summed E-state index contributed by atoms with van der Waals surface area (Å²) in [6, 6.07) is 12.4. The standard InChI is InChI=1S/C21H24N4O3/c1-20(2,28)16-11-15(12-25-18(16)22-17(23-25)19(26)27)24-10-9-21(3,13-24)14-7-5-4-6-8-14/h4-8,11-12,28H,9-10,13H2,1-3H3,(H,26,27)/t21-/m0/s1. The largest absolute Gasteiger partial charge is 0.475 e. The van der Waals surface area contributed by atoms with Gasteiger partial charge in [0.25, 0.3) is 5.82 Å². The molecular formula is C21H24N4O3. The number of hydrogen-bond acceptors (Lipinski definition) is 5. The first-order valence-electron chi connectivity index (χ1n) is 9.34. The molecule has 0 saturated carbocycles. The molecule has 0 spiro atoms. The van der Waals surface area contributed by atoms with Crippen LogP contribution in [0.4, 0.5) is 5.69 Å². The Bertz CT molecular complexity index is 1040. The van der Waals surface area contributed by atoms with Gasteiger partial charge in [0.1, 0.15) is 0 Å². The van der Waals surface area contributed by atoms with Crippen molar-refractivity contribution in [2.75, 3.05) is 18.0 Å². The van der Waals surface area contributed by atoms with Crippen LogP contribution in [0.1, 0.15) is 48.9 Å². The lowest BCUT2D eigenvalue weighted by Crippen LogP contribution is -2.28. The van der Waals surface area contributed by atoms with Crippen molar-refractivity contribution in [2.45, 2.75) is 38.2 Å². The molecule has 1 aromatic carbocycles. The highest BCUT2D eigenvalue weighted by Gasteiger charge is 2.36. The fourth-order valence-corrected chi connectivity index (χ4v) is 3.94. The number of rotatable bonds is 4. The molecule has 7 nitrogen and oxygen atoms in total. The Morgan fingerprint density at radius 3 is 2.61 bits per heavy atom. The zero-order valence-electron chi connectivity index (χ0n) is 16.3. The third-order valence-electron chi connectivity index (χ3n) is 5.58. The minimum Gasteiger partial charge on any atom is -0.475 e. The molecule has 0 aliphatic carbocycles. The van der Waals surface area contributed by atoms with E-state index in [0.717, 1.165) is 25.2 Å². The van der Waals surface area contributed by atoms with E-state index in [-0.39, 0.29) is 11.2 Å². The molecule has 2 aromatic heterocycles. The molecule has 4 rings (SSSR count). The summed E-state index contributed by atoms with van der Waals surface area (Å²) < 4.78 is 1.46. The summed E-state index contributed by atoms with van der Waals surface area (Å²) in [5.41, 5.74) is 1.96. The third-order valence-corrected chi connectivity index (χ3v) is 5.58. The lowest BCUT2D eigenvalue weighted by atomic mass is 9.82. The van der Waals surface area contributed by atoms with E-state index in [4.69, 9.17) is 0 Å². The summed E-state index contributed by atoms with van der Waals surface area (Å²) in [7, 11) is 0. The quantitative estimate of drug-likeness (QED) is 0.723. The predicted octanol–water partition coefficient (Wildman–Crippen LogP) is 2.82. The number of aliphatic hydroxyl groups is 1. The third kappa shape index (κ3) is 3.11. The molecule has 0 radical (unpaired) electrons. The second kappa shape index (κ2) is 6.31. The number of carboxylic acids is 1. The van der Waals surface area contributed by atoms with Gasteiger partial charge in [0.15, 0.2) is 5.65 Å². The van der Waals surface area contributed by atoms with E-state index in [1.54, 1.807) is 20.0 Å². The van der Waals surface area contributed by atoms with Gasteiger partial charge in [-0.05, 0) is 31.9 Å². The van der Waals surface area contributed by atoms with Gasteiger partial charge in [-0.15, -0.1) is 5.10 Å². The number of hydrogen-bond donors (Lipinski definition) is 2. The SMILES string of the molecule is CC(C)(O)c1cc(N2CC[C@](C)(c3ccccc3)C2)cn2nc(C(=O)O)nc12. The van der Waals surface area contributed by atoms with Crippen LogP contribution in [0.2, 0.25) is 0 Å². The molecule has 0 bridgehead atoms. The maximum Gasteiger partial charge on any atom is 0.375 e. The number of carboxylic acid groups (broad SMARTS) is 1. The van der Waals surface area contributed by atoms with Crippen molar-refractivity contribution in [2.24, 2.45) is 0 Å². The van der Waals surface area contributed by atoms with Crippen LogP contribution in [0, 0.1) is 0 Å². The predicted molar refractivity (Wildman–Crippen MR) is 106 cm³/mol. The molecule has 1 aliphatic heterocycles. The minimum absolute atomic E-state index is 0.0275. The van der Waals surface area contributed by atoms with Gasteiger partial charge >= 0.3 is 5.97 Å². The molecule has 0 unspecified atom stereocenters. The fourth-order valence-electron chi connectivity index (χ4n) is 3.94. The van der Waals surface area contributed by atoms with Gasteiger partial charge in [0, 0.05) is 24.1 Å². The van der Waals surface area contributed by atoms with E-state index in [2.05, 4.69) is 46.2 Å². The lowest BCUT2D eigenvalue weighted by molar-refractivity contribution is 0.0682. The van der Waals surface area contributed by atoms with Gasteiger partial charge in [-0.1, -0.05) is 37.3 Å². The molecule has 0 amide bonds. The smallest absolute Gasteiger partial charge is 0.375 e. The Hall–Kier alpha value is -2.93. The van der Waals surface area contributed by atoms with Gasteiger partial charge in [-0.2, -0.15) is 0 Å². The Kier molecular flexibility index (Phi) is 4.15. The van der Waals surface area contributed by atoms with Crippen LogP contribution in [0.15, 0.2) is 42.6 Å². The Labute approximate surface area is 163 Å². The molecule has 146 valence electrons. The van der Waals surface area contributed by atoms with Crippen molar-refractivity contribution in [1.29, 1.82) is 0 Å². The van der Waals surface area contributed by atoms with Crippen molar-refractivity contribution in [3.8, 4) is 0 Å². The summed E-state index contributed by atoms with van der Waals surface area (Å²) in [4.78, 5) is 17.7. The van der Waals surface area contributed by atoms with Gasteiger partial charge in [0.05, 0.1) is 17.5 Å². The molecule has 28 heavy (non-hydrogen) atoms. The number of aromatic carboxylic acids is 1. The van der Waals surface area contributed by atoms with Crippen molar-refractivity contribution < 1.29 is 15.0 Å². The number of aromatic nitrogens is 3. The number of nitrogens with zero attached hydrogens (tertiary/aromatic N) is 4. The Morgan fingerprint density at radius 1 is 1.25 bits per heavy atom. The number of pyridine rings is 1. The van der Waals surface area contributed by atoms with Crippen molar-refractivity contribution >= 4 is 17.3 Å². The maximum absolute atomic E-state index is 11.3. The summed E-state index contributed by atoms with van der Waals surface area (Å²) in [6.07, 6.45) is 2.80. The average Bonchev–Trinajstić information content (AvgIpc) is 3.25. The maximum atomic E-state index is 11.3. The van der Waals surface area contributed by atoms with Gasteiger partial charge in [-0.25, -0.2) is 14.3 Å². The van der Waals surface area contributed by atoms with E-state index in [1.165, 1.54) is 10.1 Å². The molecule has 1 fully saturated rings. The first kappa shape index (κ1) is 18.4. The fraction of sp³-hybridized carbons (Fsp3) is 0.381. The van der Waals surface area contributed by atoms with E-state index in [9.17, 15) is 15.0 Å². The lowest BCUT2D eigenvalue weighted by Gasteiger charge is -2.27. The normalized spacial score (nSPS) is 20.1. The summed E-state index contributed by atoms with van der Waals surface area (Å²) in [6.45, 7) is 7.28. The first-order valence-corrected chi connectivity index (χ1v) is 9.34. The summed E-state index contributed by atoms with van der Waals surface area (Å²) in [5.74, 6) is -1.47. The van der Waals surface area contributed by atoms with Crippen LogP contribution >= 0.6 is 0 Å². The molecule has 3 heterocycles. The molecule has 1 atom stereocenters. The van der Waals surface area contributed by atoms with Gasteiger partial charge < -0.3 is 15.1 Å². The monoisotopic (exact) mass is 380 g/mol. The van der Waals surface area contributed by atoms with E-state index in [0.29, 0.717) is 11.2 Å². The number of benzene rings is 1. The van der Waals surface area contributed by atoms with Crippen LogP contribution in [-0.4, -0.2) is 43.9 Å². The van der Waals surface area contributed by atoms with Crippen LogP contribution in [0.5, 0.6) is 0 Å². The van der Waals surface area contributed by atoms with Crippen LogP contribution in [-0.2, 0) is 11.0 Å². The second-order valence-corrected chi connectivity index (χ2v) is 8.28. The van der Waals surface area contributed by atoms with Crippen molar-refractivity contribution in [3.05, 3.63) is 59.5 Å². The van der Waals surface area contributed by atoms with Crippen LogP contribution in [0.3, 0.4) is 0 Å². The van der Waals surface area contributed by atoms with E-state index in [1.807, 2.05) is 12.1 Å². The van der Waals surface area contributed by atoms with Crippen LogP contribution in [0.25, 0.3) is 5.65 Å². The molecule has 1 saturated heterocycles. The Balaban J connectivity index is 1.76. The number of anilines is 1. The zero-order chi connectivity index (χ0) is 20.1.